The predicted octanol–water partition coefficient (Wildman–Crippen LogP) is 2.05. The number of piperazine rings is 1. The molecule has 10 heteroatoms. The van der Waals surface area contributed by atoms with Crippen LogP contribution < -0.4 is 15.0 Å². The maximum absolute atomic E-state index is 11.3. The summed E-state index contributed by atoms with van der Waals surface area (Å²) in [6.45, 7) is 4.48. The highest BCUT2D eigenvalue weighted by atomic mass is 16.5. The Morgan fingerprint density at radius 1 is 1.18 bits per heavy atom. The van der Waals surface area contributed by atoms with Crippen molar-refractivity contribution in [3.63, 3.8) is 0 Å². The molecule has 174 valence electrons. The van der Waals surface area contributed by atoms with E-state index in [1.165, 1.54) is 0 Å². The third kappa shape index (κ3) is 5.07. The Balaban J connectivity index is 1.51. The number of rotatable bonds is 8. The normalized spacial score (nSPS) is 14.3. The van der Waals surface area contributed by atoms with Gasteiger partial charge in [-0.2, -0.15) is 0 Å². The molecular formula is C23H28N6O4. The Kier molecular flexibility index (Phi) is 6.76. The SMILES string of the molecule is COc1cc(N2CCN(CCO)CC2)ccc1Nc1nccc(-c2cc(C(=O)O)cn2C)n1. The minimum Gasteiger partial charge on any atom is -0.494 e. The molecule has 0 saturated carbocycles. The van der Waals surface area contributed by atoms with Gasteiger partial charge in [0, 0.05) is 63.9 Å². The number of anilines is 3. The van der Waals surface area contributed by atoms with Crippen LogP contribution in [0.1, 0.15) is 10.4 Å². The number of hydrogen-bond donors (Lipinski definition) is 3. The molecule has 33 heavy (non-hydrogen) atoms. The zero-order valence-electron chi connectivity index (χ0n) is 18.7. The minimum absolute atomic E-state index is 0.183. The molecule has 1 aliphatic heterocycles. The van der Waals surface area contributed by atoms with Crippen molar-refractivity contribution in [2.75, 3.05) is 56.7 Å². The fraction of sp³-hybridized carbons (Fsp3) is 0.348. The molecule has 2 aromatic heterocycles. The first-order valence-electron chi connectivity index (χ1n) is 10.7. The molecule has 4 rings (SSSR count). The van der Waals surface area contributed by atoms with Gasteiger partial charge in [-0.3, -0.25) is 4.90 Å². The van der Waals surface area contributed by atoms with Crippen LogP contribution >= 0.6 is 0 Å². The summed E-state index contributed by atoms with van der Waals surface area (Å²) in [4.78, 5) is 24.7. The van der Waals surface area contributed by atoms with E-state index in [0.29, 0.717) is 29.6 Å². The number of aliphatic hydroxyl groups is 1. The molecule has 0 radical (unpaired) electrons. The number of carboxylic acids is 1. The van der Waals surface area contributed by atoms with Gasteiger partial charge in [0.2, 0.25) is 5.95 Å². The fourth-order valence-electron chi connectivity index (χ4n) is 3.97. The van der Waals surface area contributed by atoms with Gasteiger partial charge in [0.1, 0.15) is 5.75 Å². The van der Waals surface area contributed by atoms with Crippen molar-refractivity contribution in [1.82, 2.24) is 19.4 Å². The molecule has 1 saturated heterocycles. The number of hydrogen-bond acceptors (Lipinski definition) is 8. The molecule has 3 aromatic rings. The van der Waals surface area contributed by atoms with E-state index in [9.17, 15) is 9.90 Å². The molecule has 1 aliphatic rings. The smallest absolute Gasteiger partial charge is 0.337 e. The molecule has 1 fully saturated rings. The van der Waals surface area contributed by atoms with E-state index in [1.807, 2.05) is 18.2 Å². The van der Waals surface area contributed by atoms with Crippen LogP contribution in [0.25, 0.3) is 11.4 Å². The Morgan fingerprint density at radius 2 is 1.97 bits per heavy atom. The second kappa shape index (κ2) is 9.88. The second-order valence-corrected chi connectivity index (χ2v) is 7.86. The van der Waals surface area contributed by atoms with Crippen LogP contribution in [-0.4, -0.2) is 82.1 Å². The molecule has 0 bridgehead atoms. The van der Waals surface area contributed by atoms with Gasteiger partial charge in [0.25, 0.3) is 0 Å². The molecule has 3 heterocycles. The number of β-amino-alcohol motifs (C(OH)–C–C–N with tert-alkyl or cyclic N) is 1. The van der Waals surface area contributed by atoms with Crippen molar-refractivity contribution in [1.29, 1.82) is 0 Å². The quantitative estimate of drug-likeness (QED) is 0.472. The molecule has 10 nitrogen and oxygen atoms in total. The van der Waals surface area contributed by atoms with Crippen molar-refractivity contribution in [3.8, 4) is 17.1 Å². The summed E-state index contributed by atoms with van der Waals surface area (Å²) in [5, 5.41) is 21.6. The lowest BCUT2D eigenvalue weighted by molar-refractivity contribution is 0.0697. The van der Waals surface area contributed by atoms with Crippen molar-refractivity contribution in [2.24, 2.45) is 7.05 Å². The number of nitrogens with one attached hydrogen (secondary N) is 1. The van der Waals surface area contributed by atoms with Gasteiger partial charge < -0.3 is 29.7 Å². The van der Waals surface area contributed by atoms with Crippen LogP contribution in [0.15, 0.2) is 42.7 Å². The second-order valence-electron chi connectivity index (χ2n) is 7.86. The Morgan fingerprint density at radius 3 is 2.64 bits per heavy atom. The van der Waals surface area contributed by atoms with Crippen LogP contribution in [0.5, 0.6) is 5.75 Å². The molecule has 0 spiro atoms. The lowest BCUT2D eigenvalue weighted by Crippen LogP contribution is -2.47. The number of aromatic carboxylic acids is 1. The maximum atomic E-state index is 11.3. The number of nitrogens with zero attached hydrogens (tertiary/aromatic N) is 5. The fourth-order valence-corrected chi connectivity index (χ4v) is 3.97. The summed E-state index contributed by atoms with van der Waals surface area (Å²) < 4.78 is 7.34. The van der Waals surface area contributed by atoms with Crippen molar-refractivity contribution in [2.45, 2.75) is 0 Å². The molecule has 0 unspecified atom stereocenters. The van der Waals surface area contributed by atoms with Crippen molar-refractivity contribution >= 4 is 23.3 Å². The van der Waals surface area contributed by atoms with E-state index >= 15 is 0 Å². The highest BCUT2D eigenvalue weighted by molar-refractivity contribution is 5.89. The molecular weight excluding hydrogens is 424 g/mol. The molecule has 1 aromatic carbocycles. The lowest BCUT2D eigenvalue weighted by atomic mass is 10.2. The molecule has 0 atom stereocenters. The Labute approximate surface area is 192 Å². The molecule has 3 N–H and O–H groups in total. The third-order valence-electron chi connectivity index (χ3n) is 5.76. The third-order valence-corrected chi connectivity index (χ3v) is 5.76. The number of aromatic nitrogens is 3. The Bertz CT molecular complexity index is 1120. The van der Waals surface area contributed by atoms with E-state index in [-0.39, 0.29) is 12.2 Å². The number of aryl methyl sites for hydroxylation is 1. The number of carboxylic acid groups (broad SMARTS) is 1. The number of ether oxygens (including phenoxy) is 1. The topological polar surface area (TPSA) is 116 Å². The van der Waals surface area contributed by atoms with Gasteiger partial charge >= 0.3 is 5.97 Å². The van der Waals surface area contributed by atoms with E-state index in [0.717, 1.165) is 37.6 Å². The first-order valence-corrected chi connectivity index (χ1v) is 10.7. The standard InChI is InChI=1S/C23H28N6O4/c1-27-15-16(22(31)32)13-20(27)18-5-6-24-23(25-18)26-19-4-3-17(14-21(19)33-2)29-9-7-28(8-10-29)11-12-30/h3-6,13-15,30H,7-12H2,1-2H3,(H,31,32)(H,24,25,26). The van der Waals surface area contributed by atoms with E-state index in [1.54, 1.807) is 43.3 Å². The van der Waals surface area contributed by atoms with Gasteiger partial charge in [-0.1, -0.05) is 0 Å². The number of benzene rings is 1. The van der Waals surface area contributed by atoms with Crippen LogP contribution in [0.2, 0.25) is 0 Å². The minimum atomic E-state index is -0.983. The highest BCUT2D eigenvalue weighted by Gasteiger charge is 2.18. The van der Waals surface area contributed by atoms with Crippen LogP contribution in [0.4, 0.5) is 17.3 Å². The number of methoxy groups -OCH3 is 1. The van der Waals surface area contributed by atoms with E-state index in [4.69, 9.17) is 9.84 Å². The average molecular weight is 453 g/mol. The summed E-state index contributed by atoms with van der Waals surface area (Å²) in [6.07, 6.45) is 3.18. The maximum Gasteiger partial charge on any atom is 0.337 e. The predicted molar refractivity (Wildman–Crippen MR) is 125 cm³/mol. The van der Waals surface area contributed by atoms with Gasteiger partial charge in [0.05, 0.1) is 36.4 Å². The van der Waals surface area contributed by atoms with E-state index < -0.39 is 5.97 Å². The zero-order valence-corrected chi connectivity index (χ0v) is 18.7. The summed E-state index contributed by atoms with van der Waals surface area (Å²) in [5.74, 6) is 0.0736. The average Bonchev–Trinajstić information content (AvgIpc) is 3.22. The van der Waals surface area contributed by atoms with Crippen LogP contribution in [-0.2, 0) is 7.05 Å². The van der Waals surface area contributed by atoms with E-state index in [2.05, 4.69) is 25.1 Å². The van der Waals surface area contributed by atoms with Crippen LogP contribution in [0, 0.1) is 0 Å². The molecule has 0 aliphatic carbocycles. The van der Waals surface area contributed by atoms with Gasteiger partial charge in [-0.05, 0) is 24.3 Å². The summed E-state index contributed by atoms with van der Waals surface area (Å²) >= 11 is 0. The summed E-state index contributed by atoms with van der Waals surface area (Å²) in [6, 6.07) is 9.29. The Hall–Kier alpha value is -3.63. The first-order chi connectivity index (χ1) is 16.0. The molecule has 0 amide bonds. The highest BCUT2D eigenvalue weighted by Crippen LogP contribution is 2.32. The summed E-state index contributed by atoms with van der Waals surface area (Å²) in [7, 11) is 3.40. The van der Waals surface area contributed by atoms with Crippen molar-refractivity contribution < 1.29 is 19.7 Å². The van der Waals surface area contributed by atoms with Gasteiger partial charge in [-0.25, -0.2) is 14.8 Å². The number of carbonyl (C=O) groups is 1. The van der Waals surface area contributed by atoms with Crippen molar-refractivity contribution in [3.05, 3.63) is 48.3 Å². The lowest BCUT2D eigenvalue weighted by Gasteiger charge is -2.36. The van der Waals surface area contributed by atoms with Crippen LogP contribution in [0.3, 0.4) is 0 Å². The van der Waals surface area contributed by atoms with Gasteiger partial charge in [-0.15, -0.1) is 0 Å². The first kappa shape index (κ1) is 22.6. The monoisotopic (exact) mass is 452 g/mol. The number of aliphatic hydroxyl groups excluding tert-OH is 1. The van der Waals surface area contributed by atoms with Gasteiger partial charge in [0.15, 0.2) is 0 Å². The largest absolute Gasteiger partial charge is 0.494 e. The zero-order chi connectivity index (χ0) is 23.4. The summed E-state index contributed by atoms with van der Waals surface area (Å²) in [5.41, 5.74) is 3.30.